The van der Waals surface area contributed by atoms with E-state index >= 15 is 0 Å². The highest BCUT2D eigenvalue weighted by Crippen LogP contribution is 2.17. The molecule has 4 amide bonds. The van der Waals surface area contributed by atoms with Crippen LogP contribution in [0.25, 0.3) is 0 Å². The lowest BCUT2D eigenvalue weighted by molar-refractivity contribution is -0.130. The minimum absolute atomic E-state index is 0.131. The number of urea groups is 1. The monoisotopic (exact) mass is 368 g/mol. The number of pyridine rings is 1. The van der Waals surface area contributed by atoms with Crippen molar-refractivity contribution in [1.29, 1.82) is 0 Å². The maximum Gasteiger partial charge on any atom is 0.325 e. The van der Waals surface area contributed by atoms with Crippen molar-refractivity contribution >= 4 is 23.7 Å². The van der Waals surface area contributed by atoms with E-state index in [1.54, 1.807) is 43.5 Å². The lowest BCUT2D eigenvalue weighted by Gasteiger charge is -2.13. The van der Waals surface area contributed by atoms with Gasteiger partial charge in [0.15, 0.2) is 0 Å². The number of methoxy groups -OCH3 is 1. The molecule has 27 heavy (non-hydrogen) atoms. The van der Waals surface area contributed by atoms with Gasteiger partial charge in [-0.1, -0.05) is 18.2 Å². The predicted molar refractivity (Wildman–Crippen MR) is 98.1 cm³/mol. The smallest absolute Gasteiger partial charge is 0.325 e. The first-order valence-electron chi connectivity index (χ1n) is 8.44. The molecule has 0 radical (unpaired) electrons. The molecular weight excluding hydrogens is 348 g/mol. The van der Waals surface area contributed by atoms with Crippen molar-refractivity contribution in [2.24, 2.45) is 0 Å². The Hall–Kier alpha value is -3.42. The molecule has 1 saturated heterocycles. The largest absolute Gasteiger partial charge is 0.497 e. The molecule has 8 heteroatoms. The van der Waals surface area contributed by atoms with Crippen molar-refractivity contribution in [3.63, 3.8) is 0 Å². The van der Waals surface area contributed by atoms with E-state index in [0.717, 1.165) is 16.2 Å². The van der Waals surface area contributed by atoms with Crippen LogP contribution in [0.4, 0.5) is 10.6 Å². The fraction of sp³-hybridized carbons (Fsp3) is 0.263. The van der Waals surface area contributed by atoms with Crippen LogP contribution in [0.2, 0.25) is 0 Å². The number of aryl methyl sites for hydroxylation is 1. The van der Waals surface area contributed by atoms with Crippen LogP contribution in [0, 0.1) is 6.92 Å². The summed E-state index contributed by atoms with van der Waals surface area (Å²) >= 11 is 0. The van der Waals surface area contributed by atoms with Crippen molar-refractivity contribution in [2.45, 2.75) is 25.9 Å². The molecule has 0 aliphatic carbocycles. The number of carbonyl (C=O) groups excluding carboxylic acids is 3. The first-order chi connectivity index (χ1) is 13.0. The summed E-state index contributed by atoms with van der Waals surface area (Å²) in [5, 5.41) is 5.19. The molecule has 0 spiro atoms. The standard InChI is InChI=1S/C19H20N4O4/c1-12-4-3-5-16(20-12)22-17(24)10-15-18(25)23(19(26)21-15)11-13-6-8-14(27-2)9-7-13/h3-9,15H,10-11H2,1-2H3,(H,21,26)(H,20,22,24). The Kier molecular flexibility index (Phi) is 5.35. The number of anilines is 1. The highest BCUT2D eigenvalue weighted by molar-refractivity contribution is 6.06. The minimum Gasteiger partial charge on any atom is -0.497 e. The highest BCUT2D eigenvalue weighted by atomic mass is 16.5. The van der Waals surface area contributed by atoms with Crippen LogP contribution < -0.4 is 15.4 Å². The fourth-order valence-electron chi connectivity index (χ4n) is 2.77. The Balaban J connectivity index is 1.60. The molecule has 1 atom stereocenters. The molecule has 3 rings (SSSR count). The number of hydrogen-bond donors (Lipinski definition) is 2. The van der Waals surface area contributed by atoms with Crippen molar-refractivity contribution in [2.75, 3.05) is 12.4 Å². The zero-order valence-corrected chi connectivity index (χ0v) is 15.1. The molecule has 1 aromatic heterocycles. The Morgan fingerprint density at radius 1 is 1.22 bits per heavy atom. The summed E-state index contributed by atoms with van der Waals surface area (Å²) in [6.45, 7) is 1.94. The van der Waals surface area contributed by atoms with Crippen molar-refractivity contribution in [3.8, 4) is 5.75 Å². The van der Waals surface area contributed by atoms with Gasteiger partial charge in [-0.15, -0.1) is 0 Å². The van der Waals surface area contributed by atoms with E-state index in [-0.39, 0.29) is 13.0 Å². The molecule has 1 aromatic carbocycles. The number of carbonyl (C=O) groups is 3. The zero-order valence-electron chi connectivity index (χ0n) is 15.1. The SMILES string of the molecule is COc1ccc(CN2C(=O)NC(CC(=O)Nc3cccc(C)n3)C2=O)cc1. The number of aromatic nitrogens is 1. The number of amides is 4. The molecule has 1 fully saturated rings. The summed E-state index contributed by atoms with van der Waals surface area (Å²) in [6.07, 6.45) is -0.153. The third-order valence-electron chi connectivity index (χ3n) is 4.15. The second-order valence-corrected chi connectivity index (χ2v) is 6.19. The minimum atomic E-state index is -0.888. The topological polar surface area (TPSA) is 101 Å². The number of benzene rings is 1. The van der Waals surface area contributed by atoms with Gasteiger partial charge in [0, 0.05) is 5.69 Å². The van der Waals surface area contributed by atoms with E-state index in [1.165, 1.54) is 0 Å². The normalized spacial score (nSPS) is 16.2. The van der Waals surface area contributed by atoms with Gasteiger partial charge in [-0.25, -0.2) is 9.78 Å². The number of nitrogens with one attached hydrogen (secondary N) is 2. The van der Waals surface area contributed by atoms with Crippen LogP contribution >= 0.6 is 0 Å². The second-order valence-electron chi connectivity index (χ2n) is 6.19. The Morgan fingerprint density at radius 2 is 1.96 bits per heavy atom. The van der Waals surface area contributed by atoms with Crippen LogP contribution in [0.3, 0.4) is 0 Å². The van der Waals surface area contributed by atoms with E-state index in [2.05, 4.69) is 15.6 Å². The number of rotatable bonds is 6. The van der Waals surface area contributed by atoms with Gasteiger partial charge in [0.05, 0.1) is 20.1 Å². The van der Waals surface area contributed by atoms with E-state index in [1.807, 2.05) is 13.0 Å². The van der Waals surface area contributed by atoms with Crippen LogP contribution in [-0.2, 0) is 16.1 Å². The number of imide groups is 1. The first kappa shape index (κ1) is 18.4. The third-order valence-corrected chi connectivity index (χ3v) is 4.15. The van der Waals surface area contributed by atoms with E-state index in [9.17, 15) is 14.4 Å². The molecule has 1 aliphatic rings. The zero-order chi connectivity index (χ0) is 19.4. The molecule has 0 saturated carbocycles. The quantitative estimate of drug-likeness (QED) is 0.758. The fourth-order valence-corrected chi connectivity index (χ4v) is 2.77. The van der Waals surface area contributed by atoms with E-state index in [0.29, 0.717) is 11.6 Å². The maximum absolute atomic E-state index is 12.5. The van der Waals surface area contributed by atoms with Crippen molar-refractivity contribution in [1.82, 2.24) is 15.2 Å². The summed E-state index contributed by atoms with van der Waals surface area (Å²) in [6, 6.07) is 10.9. The molecule has 140 valence electrons. The number of hydrogen-bond acceptors (Lipinski definition) is 5. The summed E-state index contributed by atoms with van der Waals surface area (Å²) in [5.74, 6) is 0.281. The molecular formula is C19H20N4O4. The lowest BCUT2D eigenvalue weighted by Crippen LogP contribution is -2.34. The van der Waals surface area contributed by atoms with Crippen LogP contribution in [0.5, 0.6) is 5.75 Å². The van der Waals surface area contributed by atoms with Gasteiger partial charge < -0.3 is 15.4 Å². The van der Waals surface area contributed by atoms with Gasteiger partial charge in [-0.3, -0.25) is 14.5 Å². The van der Waals surface area contributed by atoms with Crippen LogP contribution in [0.15, 0.2) is 42.5 Å². The predicted octanol–water partition coefficient (Wildman–Crippen LogP) is 1.85. The summed E-state index contributed by atoms with van der Waals surface area (Å²) in [5.41, 5.74) is 1.55. The Morgan fingerprint density at radius 3 is 2.63 bits per heavy atom. The van der Waals surface area contributed by atoms with Gasteiger partial charge in [-0.05, 0) is 36.8 Å². The Bertz CT molecular complexity index is 866. The van der Waals surface area contributed by atoms with E-state index in [4.69, 9.17) is 4.74 Å². The highest BCUT2D eigenvalue weighted by Gasteiger charge is 2.39. The molecule has 0 bridgehead atoms. The molecule has 8 nitrogen and oxygen atoms in total. The molecule has 1 aliphatic heterocycles. The third kappa shape index (κ3) is 4.41. The van der Waals surface area contributed by atoms with Gasteiger partial charge >= 0.3 is 6.03 Å². The van der Waals surface area contributed by atoms with Gasteiger partial charge in [0.25, 0.3) is 5.91 Å². The Labute approximate surface area is 156 Å². The average Bonchev–Trinajstić information content (AvgIpc) is 2.89. The van der Waals surface area contributed by atoms with Crippen LogP contribution in [0.1, 0.15) is 17.7 Å². The molecule has 1 unspecified atom stereocenters. The summed E-state index contributed by atoms with van der Waals surface area (Å²) in [4.78, 5) is 42.1. The van der Waals surface area contributed by atoms with Crippen molar-refractivity contribution < 1.29 is 19.1 Å². The maximum atomic E-state index is 12.5. The second kappa shape index (κ2) is 7.86. The number of ether oxygens (including phenoxy) is 1. The number of nitrogens with zero attached hydrogens (tertiary/aromatic N) is 2. The first-order valence-corrected chi connectivity index (χ1v) is 8.44. The van der Waals surface area contributed by atoms with Gasteiger partial charge in [-0.2, -0.15) is 0 Å². The summed E-state index contributed by atoms with van der Waals surface area (Å²) in [7, 11) is 1.56. The van der Waals surface area contributed by atoms with E-state index < -0.39 is 23.9 Å². The molecule has 2 heterocycles. The van der Waals surface area contributed by atoms with Crippen LogP contribution in [-0.4, -0.2) is 40.9 Å². The average molecular weight is 368 g/mol. The van der Waals surface area contributed by atoms with Gasteiger partial charge in [0.1, 0.15) is 17.6 Å². The summed E-state index contributed by atoms with van der Waals surface area (Å²) < 4.78 is 5.09. The molecule has 2 N–H and O–H groups in total. The van der Waals surface area contributed by atoms with Gasteiger partial charge in [0.2, 0.25) is 5.91 Å². The lowest BCUT2D eigenvalue weighted by atomic mass is 10.1. The van der Waals surface area contributed by atoms with Crippen molar-refractivity contribution in [3.05, 3.63) is 53.7 Å². The molecule has 2 aromatic rings.